The Morgan fingerprint density at radius 2 is 2.08 bits per heavy atom. The molecule has 0 spiro atoms. The summed E-state index contributed by atoms with van der Waals surface area (Å²) in [4.78, 5) is 12.4. The first-order valence-corrected chi connectivity index (χ1v) is 8.45. The maximum atomic E-state index is 12.4. The molecule has 0 radical (unpaired) electrons. The second-order valence-corrected chi connectivity index (χ2v) is 6.02. The van der Waals surface area contributed by atoms with Gasteiger partial charge in [-0.2, -0.15) is 5.10 Å². The van der Waals surface area contributed by atoms with Crippen molar-refractivity contribution >= 4 is 11.6 Å². The second kappa shape index (κ2) is 8.31. The fourth-order valence-corrected chi connectivity index (χ4v) is 2.74. The molecule has 1 heterocycles. The maximum Gasteiger partial charge on any atom is 0.241 e. The van der Waals surface area contributed by atoms with Gasteiger partial charge in [-0.05, 0) is 30.5 Å². The molecule has 0 fully saturated rings. The Bertz CT molecular complexity index is 848. The maximum absolute atomic E-state index is 12.4. The predicted octanol–water partition coefficient (Wildman–Crippen LogP) is 2.98. The number of nitrogens with one attached hydrogen (secondary N) is 2. The summed E-state index contributed by atoms with van der Waals surface area (Å²) in [7, 11) is 1.59. The van der Waals surface area contributed by atoms with Crippen LogP contribution in [0.15, 0.2) is 60.9 Å². The van der Waals surface area contributed by atoms with E-state index in [0.717, 1.165) is 17.5 Å². The Balaban J connectivity index is 1.63. The number of nitrogens with two attached hydrogens (primary N) is 1. The highest BCUT2D eigenvalue weighted by Crippen LogP contribution is 2.31. The van der Waals surface area contributed by atoms with Gasteiger partial charge in [-0.1, -0.05) is 30.3 Å². The molecule has 1 aromatic heterocycles. The third-order valence-electron chi connectivity index (χ3n) is 4.20. The number of H-pyrrole nitrogens is 1. The zero-order chi connectivity index (χ0) is 18.4. The van der Waals surface area contributed by atoms with Gasteiger partial charge in [0, 0.05) is 29.1 Å². The number of aromatic nitrogens is 2. The number of carbonyl (C=O) groups is 1. The molecule has 0 saturated heterocycles. The average molecular weight is 350 g/mol. The summed E-state index contributed by atoms with van der Waals surface area (Å²) in [6.45, 7) is 0. The van der Waals surface area contributed by atoms with Crippen molar-refractivity contribution in [3.63, 3.8) is 0 Å². The molecule has 3 rings (SSSR count). The highest BCUT2D eigenvalue weighted by molar-refractivity contribution is 5.95. The van der Waals surface area contributed by atoms with Crippen LogP contribution in [0.1, 0.15) is 12.0 Å². The van der Waals surface area contributed by atoms with Crippen molar-refractivity contribution < 1.29 is 9.53 Å². The van der Waals surface area contributed by atoms with Crippen molar-refractivity contribution in [2.45, 2.75) is 18.9 Å². The van der Waals surface area contributed by atoms with Gasteiger partial charge in [-0.3, -0.25) is 9.89 Å². The van der Waals surface area contributed by atoms with Crippen molar-refractivity contribution in [1.29, 1.82) is 0 Å². The summed E-state index contributed by atoms with van der Waals surface area (Å²) in [5.41, 5.74) is 9.66. The molecule has 0 aliphatic carbocycles. The third kappa shape index (κ3) is 4.29. The molecule has 134 valence electrons. The third-order valence-corrected chi connectivity index (χ3v) is 4.20. The quantitative estimate of drug-likeness (QED) is 0.611. The van der Waals surface area contributed by atoms with E-state index in [1.807, 2.05) is 42.5 Å². The number of benzene rings is 2. The predicted molar refractivity (Wildman–Crippen MR) is 102 cm³/mol. The number of hydrogen-bond acceptors (Lipinski definition) is 4. The normalized spacial score (nSPS) is 11.8. The molecule has 26 heavy (non-hydrogen) atoms. The first-order chi connectivity index (χ1) is 12.7. The Morgan fingerprint density at radius 1 is 1.27 bits per heavy atom. The van der Waals surface area contributed by atoms with E-state index in [9.17, 15) is 4.79 Å². The summed E-state index contributed by atoms with van der Waals surface area (Å²) >= 11 is 0. The molecule has 0 bridgehead atoms. The fourth-order valence-electron chi connectivity index (χ4n) is 2.74. The summed E-state index contributed by atoms with van der Waals surface area (Å²) in [5, 5.41) is 9.58. The zero-order valence-corrected chi connectivity index (χ0v) is 14.6. The summed E-state index contributed by atoms with van der Waals surface area (Å²) in [6, 6.07) is 14.9. The number of nitrogens with zero attached hydrogens (tertiary/aromatic N) is 1. The minimum Gasteiger partial charge on any atom is -0.496 e. The summed E-state index contributed by atoms with van der Waals surface area (Å²) in [5.74, 6) is 0.445. The summed E-state index contributed by atoms with van der Waals surface area (Å²) < 4.78 is 5.43. The molecule has 2 aromatic carbocycles. The number of methoxy groups -OCH3 is 1. The van der Waals surface area contributed by atoms with E-state index in [0.29, 0.717) is 17.9 Å². The van der Waals surface area contributed by atoms with Gasteiger partial charge >= 0.3 is 0 Å². The number of aryl methyl sites for hydroxylation is 1. The van der Waals surface area contributed by atoms with Gasteiger partial charge < -0.3 is 15.8 Å². The standard InChI is InChI=1S/C20H22N4O2/c1-26-19-11-16(8-9-17(19)15-12-22-23-13-15)24-20(25)18(21)10-7-14-5-3-2-4-6-14/h2-6,8-9,11-13,18H,7,10,21H2,1H3,(H,22,23)(H,24,25). The number of hydrogen-bond donors (Lipinski definition) is 3. The smallest absolute Gasteiger partial charge is 0.241 e. The number of amides is 1. The van der Waals surface area contributed by atoms with Gasteiger partial charge in [0.2, 0.25) is 5.91 Å². The van der Waals surface area contributed by atoms with Crippen LogP contribution in [-0.2, 0) is 11.2 Å². The SMILES string of the molecule is COc1cc(NC(=O)C(N)CCc2ccccc2)ccc1-c1cn[nH]c1. The van der Waals surface area contributed by atoms with E-state index in [-0.39, 0.29) is 5.91 Å². The molecule has 1 amide bonds. The van der Waals surface area contributed by atoms with E-state index < -0.39 is 6.04 Å². The van der Waals surface area contributed by atoms with Crippen LogP contribution in [0.5, 0.6) is 5.75 Å². The lowest BCUT2D eigenvalue weighted by atomic mass is 10.0. The first-order valence-electron chi connectivity index (χ1n) is 8.45. The van der Waals surface area contributed by atoms with Crippen LogP contribution >= 0.6 is 0 Å². The van der Waals surface area contributed by atoms with Crippen LogP contribution < -0.4 is 15.8 Å². The van der Waals surface area contributed by atoms with Crippen LogP contribution in [0.25, 0.3) is 11.1 Å². The van der Waals surface area contributed by atoms with Gasteiger partial charge in [0.15, 0.2) is 0 Å². The largest absolute Gasteiger partial charge is 0.496 e. The number of ether oxygens (including phenoxy) is 1. The minimum absolute atomic E-state index is 0.209. The Labute approximate surface area is 152 Å². The Hall–Kier alpha value is -3.12. The highest BCUT2D eigenvalue weighted by Gasteiger charge is 2.15. The van der Waals surface area contributed by atoms with Crippen LogP contribution in [0.3, 0.4) is 0 Å². The van der Waals surface area contributed by atoms with Gasteiger partial charge in [-0.15, -0.1) is 0 Å². The van der Waals surface area contributed by atoms with E-state index in [2.05, 4.69) is 15.5 Å². The van der Waals surface area contributed by atoms with E-state index in [1.165, 1.54) is 5.56 Å². The van der Waals surface area contributed by atoms with Gasteiger partial charge in [0.1, 0.15) is 5.75 Å². The Kier molecular flexibility index (Phi) is 5.66. The molecular weight excluding hydrogens is 328 g/mol. The fraction of sp³-hybridized carbons (Fsp3) is 0.200. The second-order valence-electron chi connectivity index (χ2n) is 6.02. The average Bonchev–Trinajstić information content (AvgIpc) is 3.21. The van der Waals surface area contributed by atoms with E-state index in [1.54, 1.807) is 25.6 Å². The topological polar surface area (TPSA) is 93.0 Å². The Morgan fingerprint density at radius 3 is 2.77 bits per heavy atom. The lowest BCUT2D eigenvalue weighted by Gasteiger charge is -2.14. The highest BCUT2D eigenvalue weighted by atomic mass is 16.5. The van der Waals surface area contributed by atoms with Gasteiger partial charge in [0.25, 0.3) is 0 Å². The van der Waals surface area contributed by atoms with Gasteiger partial charge in [-0.25, -0.2) is 0 Å². The zero-order valence-electron chi connectivity index (χ0n) is 14.6. The lowest BCUT2D eigenvalue weighted by molar-refractivity contribution is -0.117. The van der Waals surface area contributed by atoms with Crippen LogP contribution in [0.2, 0.25) is 0 Å². The molecule has 6 heteroatoms. The van der Waals surface area contributed by atoms with Crippen molar-refractivity contribution in [2.75, 3.05) is 12.4 Å². The van der Waals surface area contributed by atoms with Crippen molar-refractivity contribution in [3.05, 3.63) is 66.5 Å². The molecule has 3 aromatic rings. The molecule has 0 aliphatic heterocycles. The molecule has 4 N–H and O–H groups in total. The molecule has 1 atom stereocenters. The van der Waals surface area contributed by atoms with Crippen molar-refractivity contribution in [1.82, 2.24) is 10.2 Å². The molecule has 1 unspecified atom stereocenters. The van der Waals surface area contributed by atoms with Crippen molar-refractivity contribution in [3.8, 4) is 16.9 Å². The minimum atomic E-state index is -0.574. The van der Waals surface area contributed by atoms with Gasteiger partial charge in [0.05, 0.1) is 19.3 Å². The first kappa shape index (κ1) is 17.7. The van der Waals surface area contributed by atoms with Crippen LogP contribution in [0, 0.1) is 0 Å². The van der Waals surface area contributed by atoms with Crippen LogP contribution in [-0.4, -0.2) is 29.3 Å². The summed E-state index contributed by atoms with van der Waals surface area (Å²) in [6.07, 6.45) is 4.85. The number of anilines is 1. The van der Waals surface area contributed by atoms with E-state index in [4.69, 9.17) is 10.5 Å². The number of rotatable bonds is 7. The molecule has 0 aliphatic rings. The molecule has 0 saturated carbocycles. The van der Waals surface area contributed by atoms with Crippen LogP contribution in [0.4, 0.5) is 5.69 Å². The molecular formula is C20H22N4O2. The van der Waals surface area contributed by atoms with E-state index >= 15 is 0 Å². The lowest BCUT2D eigenvalue weighted by Crippen LogP contribution is -2.36. The number of carbonyl (C=O) groups excluding carboxylic acids is 1. The number of aromatic amines is 1. The van der Waals surface area contributed by atoms with Crippen molar-refractivity contribution in [2.24, 2.45) is 5.73 Å². The monoisotopic (exact) mass is 350 g/mol. The molecule has 6 nitrogen and oxygen atoms in total.